The number of fused-ring (bicyclic) bond motifs is 3. The van der Waals surface area contributed by atoms with Gasteiger partial charge in [0.05, 0.1) is 19.9 Å². The number of hydrogen-bond donors (Lipinski definition) is 1. The lowest BCUT2D eigenvalue weighted by Crippen LogP contribution is -2.06. The number of aromatic nitrogens is 1. The fourth-order valence-corrected chi connectivity index (χ4v) is 3.49. The highest BCUT2D eigenvalue weighted by molar-refractivity contribution is 6.31. The molecule has 3 aromatic rings. The van der Waals surface area contributed by atoms with Crippen LogP contribution in [0.2, 0.25) is 5.02 Å². The van der Waals surface area contributed by atoms with Crippen LogP contribution in [0.1, 0.15) is 16.1 Å². The fourth-order valence-electron chi connectivity index (χ4n) is 3.31. The van der Waals surface area contributed by atoms with Crippen molar-refractivity contribution in [3.05, 3.63) is 58.5 Å². The Labute approximate surface area is 159 Å². The van der Waals surface area contributed by atoms with Gasteiger partial charge in [0.1, 0.15) is 29.6 Å². The monoisotopic (exact) mass is 387 g/mol. The molecule has 2 aromatic carbocycles. The van der Waals surface area contributed by atoms with Crippen molar-refractivity contribution in [3.63, 3.8) is 0 Å². The van der Waals surface area contributed by atoms with E-state index in [2.05, 4.69) is 4.98 Å². The Balaban J connectivity index is 2.04. The third-order valence-corrected chi connectivity index (χ3v) is 4.74. The molecule has 0 saturated carbocycles. The molecule has 0 radical (unpaired) electrons. The Morgan fingerprint density at radius 2 is 2.00 bits per heavy atom. The minimum absolute atomic E-state index is 0.201. The summed E-state index contributed by atoms with van der Waals surface area (Å²) < 4.78 is 30.0. The maximum Gasteiger partial charge on any atom is 0.355 e. The summed E-state index contributed by atoms with van der Waals surface area (Å²) in [5.41, 5.74) is 3.25. The van der Waals surface area contributed by atoms with Gasteiger partial charge in [-0.25, -0.2) is 9.18 Å². The van der Waals surface area contributed by atoms with Gasteiger partial charge >= 0.3 is 5.97 Å². The Kier molecular flexibility index (Phi) is 4.28. The van der Waals surface area contributed by atoms with Crippen LogP contribution in [0.15, 0.2) is 36.4 Å². The highest BCUT2D eigenvalue weighted by Gasteiger charge is 2.30. The van der Waals surface area contributed by atoms with E-state index in [-0.39, 0.29) is 12.3 Å². The lowest BCUT2D eigenvalue weighted by atomic mass is 9.96. The quantitative estimate of drug-likeness (QED) is 0.654. The molecule has 0 aliphatic carbocycles. The average molecular weight is 388 g/mol. The number of ether oxygens (including phenoxy) is 3. The molecule has 7 heteroatoms. The van der Waals surface area contributed by atoms with Gasteiger partial charge in [-0.05, 0) is 36.4 Å². The second-order valence-corrected chi connectivity index (χ2v) is 6.43. The minimum atomic E-state index is -0.556. The zero-order valence-corrected chi connectivity index (χ0v) is 15.3. The Bertz CT molecular complexity index is 1060. The van der Waals surface area contributed by atoms with Crippen molar-refractivity contribution in [2.45, 2.75) is 6.61 Å². The molecule has 2 heterocycles. The van der Waals surface area contributed by atoms with Crippen molar-refractivity contribution < 1.29 is 23.4 Å². The lowest BCUT2D eigenvalue weighted by molar-refractivity contribution is 0.0596. The highest BCUT2D eigenvalue weighted by Crippen LogP contribution is 2.45. The summed E-state index contributed by atoms with van der Waals surface area (Å²) >= 11 is 6.18. The number of esters is 1. The van der Waals surface area contributed by atoms with E-state index < -0.39 is 11.8 Å². The summed E-state index contributed by atoms with van der Waals surface area (Å²) in [6.07, 6.45) is 0. The molecule has 5 nitrogen and oxygen atoms in total. The first-order chi connectivity index (χ1) is 13.0. The lowest BCUT2D eigenvalue weighted by Gasteiger charge is -2.19. The van der Waals surface area contributed by atoms with Crippen LogP contribution in [0, 0.1) is 5.82 Å². The van der Waals surface area contributed by atoms with Crippen LogP contribution in [0.3, 0.4) is 0 Å². The van der Waals surface area contributed by atoms with Crippen LogP contribution in [0.25, 0.3) is 22.4 Å². The van der Waals surface area contributed by atoms with Gasteiger partial charge in [0.15, 0.2) is 0 Å². The molecular weight excluding hydrogens is 373 g/mol. The van der Waals surface area contributed by atoms with Crippen molar-refractivity contribution in [1.29, 1.82) is 0 Å². The Morgan fingerprint density at radius 1 is 1.19 bits per heavy atom. The summed E-state index contributed by atoms with van der Waals surface area (Å²) in [4.78, 5) is 15.5. The molecule has 1 N–H and O–H groups in total. The number of hydrogen-bond acceptors (Lipinski definition) is 4. The Hall–Kier alpha value is -2.99. The summed E-state index contributed by atoms with van der Waals surface area (Å²) in [6, 6.07) is 9.37. The van der Waals surface area contributed by atoms with E-state index in [0.717, 1.165) is 0 Å². The van der Waals surface area contributed by atoms with E-state index in [0.29, 0.717) is 44.5 Å². The largest absolute Gasteiger partial charge is 0.496 e. The molecular formula is C20H15ClFNO4. The molecule has 0 saturated heterocycles. The van der Waals surface area contributed by atoms with Gasteiger partial charge in [0.25, 0.3) is 0 Å². The molecule has 138 valence electrons. The molecule has 1 aliphatic heterocycles. The van der Waals surface area contributed by atoms with Crippen LogP contribution in [0.4, 0.5) is 4.39 Å². The van der Waals surface area contributed by atoms with Crippen LogP contribution in [-0.4, -0.2) is 25.2 Å². The van der Waals surface area contributed by atoms with E-state index in [9.17, 15) is 9.18 Å². The predicted molar refractivity (Wildman–Crippen MR) is 98.9 cm³/mol. The summed E-state index contributed by atoms with van der Waals surface area (Å²) in [5.74, 6) is 0.114. The van der Waals surface area contributed by atoms with Crippen LogP contribution in [0.5, 0.6) is 11.5 Å². The first kappa shape index (κ1) is 17.4. The van der Waals surface area contributed by atoms with E-state index in [4.69, 9.17) is 25.8 Å². The number of H-pyrrole nitrogens is 1. The van der Waals surface area contributed by atoms with Gasteiger partial charge in [-0.2, -0.15) is 0 Å². The number of benzene rings is 2. The van der Waals surface area contributed by atoms with Crippen LogP contribution < -0.4 is 9.47 Å². The fraction of sp³-hybridized carbons (Fsp3) is 0.150. The summed E-state index contributed by atoms with van der Waals surface area (Å²) in [7, 11) is 2.83. The van der Waals surface area contributed by atoms with E-state index in [1.807, 2.05) is 0 Å². The first-order valence-electron chi connectivity index (χ1n) is 8.13. The minimum Gasteiger partial charge on any atom is -0.496 e. The van der Waals surface area contributed by atoms with Gasteiger partial charge in [0, 0.05) is 27.3 Å². The van der Waals surface area contributed by atoms with Crippen molar-refractivity contribution in [2.75, 3.05) is 14.2 Å². The molecule has 0 atom stereocenters. The normalized spacial score (nSPS) is 12.0. The van der Waals surface area contributed by atoms with E-state index in [1.54, 1.807) is 24.3 Å². The molecule has 0 amide bonds. The van der Waals surface area contributed by atoms with Crippen LogP contribution >= 0.6 is 11.6 Å². The predicted octanol–water partition coefficient (Wildman–Crippen LogP) is 4.83. The third kappa shape index (κ3) is 2.82. The molecule has 0 spiro atoms. The second kappa shape index (κ2) is 6.63. The molecule has 0 bridgehead atoms. The van der Waals surface area contributed by atoms with E-state index in [1.165, 1.54) is 26.4 Å². The maximum atomic E-state index is 13.8. The van der Waals surface area contributed by atoms with Gasteiger partial charge < -0.3 is 19.2 Å². The van der Waals surface area contributed by atoms with Crippen LogP contribution in [-0.2, 0) is 11.3 Å². The number of halogens is 2. The SMILES string of the molecule is COC(=O)c1[nH]c2c(c1-c1cc(Cl)ccc1OC)COc1ccc(F)cc1-2. The number of rotatable bonds is 3. The van der Waals surface area contributed by atoms with Crippen molar-refractivity contribution >= 4 is 17.6 Å². The van der Waals surface area contributed by atoms with Crippen molar-refractivity contribution in [2.24, 2.45) is 0 Å². The summed E-state index contributed by atoms with van der Waals surface area (Å²) in [6.45, 7) is 0.201. The van der Waals surface area contributed by atoms with Crippen molar-refractivity contribution in [1.82, 2.24) is 4.98 Å². The first-order valence-corrected chi connectivity index (χ1v) is 8.51. The average Bonchev–Trinajstić information content (AvgIpc) is 3.07. The van der Waals surface area contributed by atoms with Crippen molar-refractivity contribution in [3.8, 4) is 33.9 Å². The second-order valence-electron chi connectivity index (χ2n) is 5.99. The number of carbonyl (C=O) groups is 1. The zero-order chi connectivity index (χ0) is 19.1. The highest BCUT2D eigenvalue weighted by atomic mass is 35.5. The number of nitrogens with one attached hydrogen (secondary N) is 1. The Morgan fingerprint density at radius 3 is 2.74 bits per heavy atom. The number of methoxy groups -OCH3 is 2. The van der Waals surface area contributed by atoms with E-state index >= 15 is 0 Å². The third-order valence-electron chi connectivity index (χ3n) is 4.51. The van der Waals surface area contributed by atoms with Gasteiger partial charge in [0.2, 0.25) is 0 Å². The van der Waals surface area contributed by atoms with Gasteiger partial charge in [-0.3, -0.25) is 0 Å². The zero-order valence-electron chi connectivity index (χ0n) is 14.6. The van der Waals surface area contributed by atoms with Gasteiger partial charge in [-0.1, -0.05) is 11.6 Å². The standard InChI is InChI=1S/C20H15ClFNO4/c1-25-15-5-3-10(21)7-12(15)17-14-9-27-16-6-4-11(22)8-13(16)18(14)23-19(17)20(24)26-2/h3-8,23H,9H2,1-2H3. The molecule has 4 rings (SSSR count). The smallest absolute Gasteiger partial charge is 0.355 e. The van der Waals surface area contributed by atoms with Gasteiger partial charge in [-0.15, -0.1) is 0 Å². The molecule has 27 heavy (non-hydrogen) atoms. The molecule has 0 fully saturated rings. The molecule has 0 unspecified atom stereocenters. The number of aromatic amines is 1. The number of carbonyl (C=O) groups excluding carboxylic acids is 1. The molecule has 1 aromatic heterocycles. The summed E-state index contributed by atoms with van der Waals surface area (Å²) in [5, 5.41) is 0.486. The maximum absolute atomic E-state index is 13.8. The molecule has 1 aliphatic rings. The topological polar surface area (TPSA) is 60.6 Å².